The van der Waals surface area contributed by atoms with E-state index in [0.29, 0.717) is 17.9 Å². The molecule has 0 heterocycles. The van der Waals surface area contributed by atoms with Crippen molar-refractivity contribution in [3.05, 3.63) is 83.9 Å². The zero-order valence-corrected chi connectivity index (χ0v) is 16.8. The van der Waals surface area contributed by atoms with E-state index in [-0.39, 0.29) is 12.5 Å². The molecule has 5 heteroatoms. The predicted octanol–water partition coefficient (Wildman–Crippen LogP) is 4.41. The maximum absolute atomic E-state index is 11.8. The van der Waals surface area contributed by atoms with Gasteiger partial charge in [-0.05, 0) is 47.0 Å². The summed E-state index contributed by atoms with van der Waals surface area (Å²) in [4.78, 5) is 11.8. The van der Waals surface area contributed by atoms with Crippen LogP contribution >= 0.6 is 0 Å². The summed E-state index contributed by atoms with van der Waals surface area (Å²) in [6.07, 6.45) is 0.757. The second kappa shape index (κ2) is 10.2. The topological polar surface area (TPSA) is 82.3 Å². The standard InChI is InChI=1S/C25H24N2O3/c1-18(17-28)25(29)27-22-10-12-23(13-11-22)30-15-14-19-6-8-20(9-7-19)24-5-3-2-4-21(24)16-26/h2-13,18,28H,14-15,17H2,1H3,(H,27,29). The molecule has 0 fully saturated rings. The van der Waals surface area contributed by atoms with E-state index in [0.717, 1.165) is 28.9 Å². The van der Waals surface area contributed by atoms with Crippen molar-refractivity contribution in [1.82, 2.24) is 0 Å². The van der Waals surface area contributed by atoms with Crippen LogP contribution in [-0.2, 0) is 11.2 Å². The molecule has 1 amide bonds. The number of rotatable bonds is 8. The Bertz CT molecular complexity index is 1020. The van der Waals surface area contributed by atoms with E-state index in [1.165, 1.54) is 0 Å². The van der Waals surface area contributed by atoms with E-state index in [9.17, 15) is 10.1 Å². The van der Waals surface area contributed by atoms with E-state index in [4.69, 9.17) is 9.84 Å². The van der Waals surface area contributed by atoms with Gasteiger partial charge in [0.15, 0.2) is 0 Å². The van der Waals surface area contributed by atoms with Gasteiger partial charge >= 0.3 is 0 Å². The first-order valence-electron chi connectivity index (χ1n) is 9.83. The Hall–Kier alpha value is -3.62. The average Bonchev–Trinajstić information content (AvgIpc) is 2.80. The average molecular weight is 400 g/mol. The fourth-order valence-electron chi connectivity index (χ4n) is 2.95. The second-order valence-electron chi connectivity index (χ2n) is 7.05. The van der Waals surface area contributed by atoms with Crippen molar-refractivity contribution in [2.45, 2.75) is 13.3 Å². The molecule has 1 atom stereocenters. The van der Waals surface area contributed by atoms with Crippen molar-refractivity contribution >= 4 is 11.6 Å². The Morgan fingerprint density at radius 2 is 1.77 bits per heavy atom. The zero-order chi connectivity index (χ0) is 21.3. The lowest BCUT2D eigenvalue weighted by atomic mass is 9.99. The van der Waals surface area contributed by atoms with Crippen LogP contribution in [0.1, 0.15) is 18.1 Å². The van der Waals surface area contributed by atoms with Gasteiger partial charge in [-0.3, -0.25) is 4.79 Å². The molecule has 152 valence electrons. The van der Waals surface area contributed by atoms with Crippen molar-refractivity contribution < 1.29 is 14.6 Å². The Morgan fingerprint density at radius 3 is 2.43 bits per heavy atom. The molecule has 0 aromatic heterocycles. The molecule has 0 spiro atoms. The first kappa shape index (κ1) is 21.1. The van der Waals surface area contributed by atoms with Crippen molar-refractivity contribution in [2.75, 3.05) is 18.5 Å². The molecule has 3 aromatic carbocycles. The predicted molar refractivity (Wildman–Crippen MR) is 117 cm³/mol. The third kappa shape index (κ3) is 5.47. The third-order valence-electron chi connectivity index (χ3n) is 4.82. The van der Waals surface area contributed by atoms with E-state index < -0.39 is 5.92 Å². The van der Waals surface area contributed by atoms with Crippen LogP contribution in [0.25, 0.3) is 11.1 Å². The summed E-state index contributed by atoms with van der Waals surface area (Å²) in [7, 11) is 0. The quantitative estimate of drug-likeness (QED) is 0.587. The normalized spacial score (nSPS) is 11.4. The number of aliphatic hydroxyl groups is 1. The molecule has 0 aliphatic carbocycles. The fraction of sp³-hybridized carbons (Fsp3) is 0.200. The summed E-state index contributed by atoms with van der Waals surface area (Å²) in [5, 5.41) is 21.0. The van der Waals surface area contributed by atoms with E-state index >= 15 is 0 Å². The van der Waals surface area contributed by atoms with Gasteiger partial charge in [-0.25, -0.2) is 0 Å². The third-order valence-corrected chi connectivity index (χ3v) is 4.82. The molecule has 3 rings (SSSR count). The van der Waals surface area contributed by atoms with Gasteiger partial charge in [0.1, 0.15) is 5.75 Å². The number of benzene rings is 3. The van der Waals surface area contributed by atoms with Gasteiger partial charge in [0.2, 0.25) is 5.91 Å². The highest BCUT2D eigenvalue weighted by molar-refractivity contribution is 5.92. The summed E-state index contributed by atoms with van der Waals surface area (Å²) < 4.78 is 5.79. The van der Waals surface area contributed by atoms with Crippen LogP contribution in [0.5, 0.6) is 5.75 Å². The number of nitrogens with one attached hydrogen (secondary N) is 1. The fourth-order valence-corrected chi connectivity index (χ4v) is 2.95. The lowest BCUT2D eigenvalue weighted by Crippen LogP contribution is -2.22. The van der Waals surface area contributed by atoms with Gasteiger partial charge in [-0.1, -0.05) is 49.4 Å². The Labute approximate surface area is 176 Å². The molecule has 0 saturated carbocycles. The molecule has 30 heavy (non-hydrogen) atoms. The lowest BCUT2D eigenvalue weighted by molar-refractivity contribution is -0.120. The molecule has 3 aromatic rings. The van der Waals surface area contributed by atoms with E-state index in [1.54, 1.807) is 31.2 Å². The largest absolute Gasteiger partial charge is 0.493 e. The minimum absolute atomic E-state index is 0.182. The lowest BCUT2D eigenvalue weighted by Gasteiger charge is -2.11. The molecule has 0 aliphatic rings. The van der Waals surface area contributed by atoms with Gasteiger partial charge in [-0.15, -0.1) is 0 Å². The van der Waals surface area contributed by atoms with Crippen molar-refractivity contribution in [2.24, 2.45) is 5.92 Å². The number of amides is 1. The minimum atomic E-state index is -0.444. The summed E-state index contributed by atoms with van der Waals surface area (Å²) in [5.74, 6) is 0.0653. The number of aliphatic hydroxyl groups excluding tert-OH is 1. The summed E-state index contributed by atoms with van der Waals surface area (Å²) in [6, 6.07) is 25.1. The number of anilines is 1. The van der Waals surface area contributed by atoms with Crippen LogP contribution in [0.3, 0.4) is 0 Å². The zero-order valence-electron chi connectivity index (χ0n) is 16.8. The number of nitriles is 1. The number of nitrogens with zero attached hydrogens (tertiary/aromatic N) is 1. The van der Waals surface area contributed by atoms with Crippen LogP contribution < -0.4 is 10.1 Å². The molecule has 2 N–H and O–H groups in total. The van der Waals surface area contributed by atoms with Crippen LogP contribution in [0.15, 0.2) is 72.8 Å². The van der Waals surface area contributed by atoms with Gasteiger partial charge in [0.25, 0.3) is 0 Å². The SMILES string of the molecule is CC(CO)C(=O)Nc1ccc(OCCc2ccc(-c3ccccc3C#N)cc2)cc1. The molecular formula is C25H24N2O3. The highest BCUT2D eigenvalue weighted by Crippen LogP contribution is 2.24. The number of ether oxygens (including phenoxy) is 1. The molecule has 0 bridgehead atoms. The molecule has 0 saturated heterocycles. The maximum atomic E-state index is 11.8. The van der Waals surface area contributed by atoms with Crippen LogP contribution in [0, 0.1) is 17.2 Å². The number of carbonyl (C=O) groups is 1. The van der Waals surface area contributed by atoms with Crippen LogP contribution in [-0.4, -0.2) is 24.2 Å². The Morgan fingerprint density at radius 1 is 1.07 bits per heavy atom. The number of hydrogen-bond donors (Lipinski definition) is 2. The van der Waals surface area contributed by atoms with Gasteiger partial charge in [0, 0.05) is 12.1 Å². The molecule has 5 nitrogen and oxygen atoms in total. The van der Waals surface area contributed by atoms with Crippen molar-refractivity contribution in [3.63, 3.8) is 0 Å². The van der Waals surface area contributed by atoms with Crippen LogP contribution in [0.4, 0.5) is 5.69 Å². The summed E-state index contributed by atoms with van der Waals surface area (Å²) in [5.41, 5.74) is 4.43. The first-order chi connectivity index (χ1) is 14.6. The van der Waals surface area contributed by atoms with Gasteiger partial charge in [-0.2, -0.15) is 5.26 Å². The first-order valence-corrected chi connectivity index (χ1v) is 9.83. The molecule has 0 radical (unpaired) electrons. The molecule has 0 aliphatic heterocycles. The maximum Gasteiger partial charge on any atom is 0.229 e. The summed E-state index contributed by atoms with van der Waals surface area (Å²) in [6.45, 7) is 2.02. The Kier molecular flexibility index (Phi) is 7.20. The molecule has 1 unspecified atom stereocenters. The van der Waals surface area contributed by atoms with Crippen molar-refractivity contribution in [3.8, 4) is 22.9 Å². The van der Waals surface area contributed by atoms with Crippen molar-refractivity contribution in [1.29, 1.82) is 5.26 Å². The summed E-state index contributed by atoms with van der Waals surface area (Å²) >= 11 is 0. The smallest absolute Gasteiger partial charge is 0.229 e. The second-order valence-corrected chi connectivity index (χ2v) is 7.05. The van der Waals surface area contributed by atoms with Gasteiger partial charge in [0.05, 0.1) is 30.8 Å². The monoisotopic (exact) mass is 400 g/mol. The highest BCUT2D eigenvalue weighted by Gasteiger charge is 2.11. The van der Waals surface area contributed by atoms with E-state index in [1.807, 2.05) is 48.5 Å². The minimum Gasteiger partial charge on any atom is -0.493 e. The number of hydrogen-bond acceptors (Lipinski definition) is 4. The van der Waals surface area contributed by atoms with Gasteiger partial charge < -0.3 is 15.2 Å². The Balaban J connectivity index is 1.52. The highest BCUT2D eigenvalue weighted by atomic mass is 16.5. The van der Waals surface area contributed by atoms with E-state index in [2.05, 4.69) is 11.4 Å². The number of carbonyl (C=O) groups excluding carboxylic acids is 1. The van der Waals surface area contributed by atoms with Crippen LogP contribution in [0.2, 0.25) is 0 Å². The molecular weight excluding hydrogens is 376 g/mol.